The van der Waals surface area contributed by atoms with Crippen molar-refractivity contribution in [1.82, 2.24) is 14.9 Å². The number of hydrogen-bond donors (Lipinski definition) is 0. The Morgan fingerprint density at radius 2 is 1.89 bits per heavy atom. The first kappa shape index (κ1) is 22.8. The average molecular weight is 494 g/mol. The van der Waals surface area contributed by atoms with E-state index in [-0.39, 0.29) is 11.4 Å². The number of carbonyl (C=O) groups excluding carboxylic acids is 1. The van der Waals surface area contributed by atoms with Crippen LogP contribution in [0.5, 0.6) is 0 Å². The van der Waals surface area contributed by atoms with Crippen molar-refractivity contribution in [2.75, 3.05) is 31.1 Å². The van der Waals surface area contributed by atoms with Crippen molar-refractivity contribution in [3.8, 4) is 17.2 Å². The Morgan fingerprint density at radius 3 is 2.57 bits per heavy atom. The van der Waals surface area contributed by atoms with E-state index in [1.807, 2.05) is 27.8 Å². The van der Waals surface area contributed by atoms with Gasteiger partial charge in [0, 0.05) is 48.9 Å². The van der Waals surface area contributed by atoms with Gasteiger partial charge >= 0.3 is 6.18 Å². The second-order valence-corrected chi connectivity index (χ2v) is 8.85. The van der Waals surface area contributed by atoms with Crippen molar-refractivity contribution in [1.29, 1.82) is 5.26 Å². The second-order valence-electron chi connectivity index (χ2n) is 8.07. The van der Waals surface area contributed by atoms with Gasteiger partial charge in [-0.3, -0.25) is 4.79 Å². The summed E-state index contributed by atoms with van der Waals surface area (Å²) in [4.78, 5) is 25.1. The maximum absolute atomic E-state index is 13.4. The Kier molecular flexibility index (Phi) is 5.86. The predicted octanol–water partition coefficient (Wildman–Crippen LogP) is 5.21. The van der Waals surface area contributed by atoms with E-state index in [0.717, 1.165) is 11.6 Å². The van der Waals surface area contributed by atoms with Crippen LogP contribution in [0.2, 0.25) is 0 Å². The molecule has 1 fully saturated rings. The molecule has 1 aromatic carbocycles. The summed E-state index contributed by atoms with van der Waals surface area (Å²) in [7, 11) is 0. The number of benzene rings is 1. The van der Waals surface area contributed by atoms with Crippen LogP contribution in [0.1, 0.15) is 21.6 Å². The summed E-state index contributed by atoms with van der Waals surface area (Å²) in [5, 5.41) is 13.3. The van der Waals surface area contributed by atoms with Crippen LogP contribution in [-0.4, -0.2) is 47.0 Å². The van der Waals surface area contributed by atoms with Gasteiger partial charge in [0.1, 0.15) is 11.5 Å². The Labute approximate surface area is 202 Å². The number of pyridine rings is 2. The van der Waals surface area contributed by atoms with E-state index in [4.69, 9.17) is 5.26 Å². The third kappa shape index (κ3) is 4.42. The van der Waals surface area contributed by atoms with Crippen molar-refractivity contribution >= 4 is 34.0 Å². The smallest absolute Gasteiger partial charge is 0.353 e. The van der Waals surface area contributed by atoms with E-state index in [1.165, 1.54) is 17.4 Å². The fourth-order valence-electron chi connectivity index (χ4n) is 4.17. The van der Waals surface area contributed by atoms with Gasteiger partial charge in [-0.25, -0.2) is 9.97 Å². The van der Waals surface area contributed by atoms with E-state index in [1.54, 1.807) is 35.4 Å². The molecule has 10 heteroatoms. The highest BCUT2D eigenvalue weighted by Crippen LogP contribution is 2.36. The third-order valence-electron chi connectivity index (χ3n) is 5.93. The lowest BCUT2D eigenvalue weighted by Crippen LogP contribution is -2.49. The highest BCUT2D eigenvalue weighted by atomic mass is 32.1. The van der Waals surface area contributed by atoms with Crippen molar-refractivity contribution in [2.24, 2.45) is 0 Å². The summed E-state index contributed by atoms with van der Waals surface area (Å²) in [6.45, 7) is 1.76. The topological polar surface area (TPSA) is 73.1 Å². The van der Waals surface area contributed by atoms with Crippen LogP contribution >= 0.6 is 11.3 Å². The molecule has 0 aliphatic carbocycles. The summed E-state index contributed by atoms with van der Waals surface area (Å²) in [6.07, 6.45) is -2.99. The molecule has 1 amide bonds. The maximum Gasteiger partial charge on any atom is 0.433 e. The maximum atomic E-state index is 13.4. The molecule has 0 saturated carbocycles. The van der Waals surface area contributed by atoms with Gasteiger partial charge in [0.25, 0.3) is 5.91 Å². The van der Waals surface area contributed by atoms with E-state index in [0.29, 0.717) is 54.1 Å². The van der Waals surface area contributed by atoms with Gasteiger partial charge < -0.3 is 9.80 Å². The van der Waals surface area contributed by atoms with Crippen LogP contribution in [-0.2, 0) is 6.18 Å². The van der Waals surface area contributed by atoms with E-state index in [9.17, 15) is 18.0 Å². The molecule has 1 saturated heterocycles. The van der Waals surface area contributed by atoms with Crippen molar-refractivity contribution in [3.63, 3.8) is 0 Å². The number of rotatable bonds is 3. The molecule has 0 bridgehead atoms. The molecular weight excluding hydrogens is 475 g/mol. The first-order chi connectivity index (χ1) is 16.8. The fourth-order valence-corrected chi connectivity index (χ4v) is 4.82. The number of thiophene rings is 1. The minimum Gasteiger partial charge on any atom is -0.353 e. The number of amides is 1. The number of fused-ring (bicyclic) bond motifs is 1. The Hall–Kier alpha value is -3.97. The van der Waals surface area contributed by atoms with Crippen LogP contribution in [0.4, 0.5) is 19.0 Å². The standard InChI is InChI=1S/C25H18F3N5OS/c26-25(27,28)21-5-4-19-22(31-21)20(18-6-11-35-15-18)14-30-23(19)32-7-9-33(10-8-32)24(34)17-3-1-2-16(12-17)13-29/h1-6,11-12,14-15H,7-10H2. The summed E-state index contributed by atoms with van der Waals surface area (Å²) >= 11 is 1.44. The molecule has 35 heavy (non-hydrogen) atoms. The van der Waals surface area contributed by atoms with Crippen molar-refractivity contribution in [3.05, 3.63) is 76.2 Å². The lowest BCUT2D eigenvalue weighted by atomic mass is 10.1. The molecule has 1 aliphatic heterocycles. The summed E-state index contributed by atoms with van der Waals surface area (Å²) in [5.74, 6) is 0.377. The van der Waals surface area contributed by atoms with Crippen LogP contribution < -0.4 is 4.90 Å². The van der Waals surface area contributed by atoms with Gasteiger partial charge in [0.05, 0.1) is 17.1 Å². The van der Waals surface area contributed by atoms with Crippen molar-refractivity contribution in [2.45, 2.75) is 6.18 Å². The number of alkyl halides is 3. The Bertz CT molecular complexity index is 1440. The Balaban J connectivity index is 1.44. The number of carbonyl (C=O) groups is 1. The zero-order chi connectivity index (χ0) is 24.6. The summed E-state index contributed by atoms with van der Waals surface area (Å²) in [6, 6.07) is 12.8. The van der Waals surface area contributed by atoms with Gasteiger partial charge in [-0.05, 0) is 52.7 Å². The van der Waals surface area contributed by atoms with Gasteiger partial charge in [-0.2, -0.15) is 29.8 Å². The van der Waals surface area contributed by atoms with E-state index in [2.05, 4.69) is 9.97 Å². The number of nitrogens with zero attached hydrogens (tertiary/aromatic N) is 5. The van der Waals surface area contributed by atoms with Crippen LogP contribution in [0.3, 0.4) is 0 Å². The highest BCUT2D eigenvalue weighted by Gasteiger charge is 2.33. The number of piperazine rings is 1. The minimum absolute atomic E-state index is 0.163. The third-order valence-corrected chi connectivity index (χ3v) is 6.62. The molecule has 0 N–H and O–H groups in total. The normalized spacial score (nSPS) is 14.2. The molecule has 6 nitrogen and oxygen atoms in total. The van der Waals surface area contributed by atoms with Crippen LogP contribution in [0.15, 0.2) is 59.4 Å². The van der Waals surface area contributed by atoms with Crippen LogP contribution in [0, 0.1) is 11.3 Å². The molecule has 4 heterocycles. The van der Waals surface area contributed by atoms with E-state index < -0.39 is 11.9 Å². The second kappa shape index (κ2) is 9.00. The number of anilines is 1. The summed E-state index contributed by atoms with van der Waals surface area (Å²) < 4.78 is 40.2. The molecule has 4 aromatic rings. The van der Waals surface area contributed by atoms with Crippen molar-refractivity contribution < 1.29 is 18.0 Å². The molecule has 5 rings (SSSR count). The number of halogens is 3. The van der Waals surface area contributed by atoms with Crippen LogP contribution in [0.25, 0.3) is 22.0 Å². The van der Waals surface area contributed by atoms with Gasteiger partial charge in [0.2, 0.25) is 0 Å². The molecule has 176 valence electrons. The molecule has 3 aromatic heterocycles. The molecule has 0 spiro atoms. The van der Waals surface area contributed by atoms with E-state index >= 15 is 0 Å². The lowest BCUT2D eigenvalue weighted by molar-refractivity contribution is -0.140. The minimum atomic E-state index is -4.56. The number of aromatic nitrogens is 2. The molecule has 1 aliphatic rings. The largest absolute Gasteiger partial charge is 0.433 e. The van der Waals surface area contributed by atoms with Gasteiger partial charge in [0.15, 0.2) is 0 Å². The Morgan fingerprint density at radius 1 is 1.09 bits per heavy atom. The molecule has 0 unspecified atom stereocenters. The van der Waals surface area contributed by atoms with Gasteiger partial charge in [-0.15, -0.1) is 0 Å². The molecular formula is C25H18F3N5OS. The average Bonchev–Trinajstić information content (AvgIpc) is 3.42. The molecule has 0 radical (unpaired) electrons. The predicted molar refractivity (Wildman–Crippen MR) is 127 cm³/mol. The first-order valence-electron chi connectivity index (χ1n) is 10.8. The number of nitriles is 1. The zero-order valence-electron chi connectivity index (χ0n) is 18.3. The summed E-state index contributed by atoms with van der Waals surface area (Å²) in [5.41, 5.74) is 1.47. The molecule has 0 atom stereocenters. The highest BCUT2D eigenvalue weighted by molar-refractivity contribution is 7.08. The number of hydrogen-bond acceptors (Lipinski definition) is 6. The first-order valence-corrected chi connectivity index (χ1v) is 11.7. The lowest BCUT2D eigenvalue weighted by Gasteiger charge is -2.36. The SMILES string of the molecule is N#Cc1cccc(C(=O)N2CCN(c3ncc(-c4ccsc4)c4nc(C(F)(F)F)ccc34)CC2)c1. The zero-order valence-corrected chi connectivity index (χ0v) is 19.1. The monoisotopic (exact) mass is 493 g/mol. The fraction of sp³-hybridized carbons (Fsp3) is 0.200. The quantitative estimate of drug-likeness (QED) is 0.392. The van der Waals surface area contributed by atoms with Gasteiger partial charge in [-0.1, -0.05) is 6.07 Å².